The van der Waals surface area contributed by atoms with E-state index in [4.69, 9.17) is 11.6 Å². The third kappa shape index (κ3) is 2.64. The van der Waals surface area contributed by atoms with Crippen LogP contribution in [0.3, 0.4) is 0 Å². The molecule has 5 nitrogen and oxygen atoms in total. The van der Waals surface area contributed by atoms with E-state index in [1.165, 1.54) is 0 Å². The van der Waals surface area contributed by atoms with Gasteiger partial charge in [-0.3, -0.25) is 9.48 Å². The maximum Gasteiger partial charge on any atom is 0.459 e. The fraction of sp³-hybridized carbons (Fsp3) is 0.500. The molecule has 0 unspecified atom stereocenters. The number of rotatable bonds is 3. The lowest BCUT2D eigenvalue weighted by atomic mass is 10.2. The van der Waals surface area contributed by atoms with Gasteiger partial charge in [0.1, 0.15) is 10.6 Å². The largest absolute Gasteiger partial charge is 0.459 e. The molecule has 1 aromatic heterocycles. The predicted octanol–water partition coefficient (Wildman–Crippen LogP) is 1.86. The molecule has 0 spiro atoms. The lowest BCUT2D eigenvalue weighted by molar-refractivity contribution is -0.292. The number of aromatic nitrogens is 2. The van der Waals surface area contributed by atoms with E-state index in [1.54, 1.807) is 0 Å². The maximum absolute atomic E-state index is 13.3. The van der Waals surface area contributed by atoms with Crippen molar-refractivity contribution in [3.05, 3.63) is 11.4 Å². The number of nitrogens with zero attached hydrogens (tertiary/aromatic N) is 2. The Morgan fingerprint density at radius 2 is 1.70 bits per heavy atom. The van der Waals surface area contributed by atoms with Crippen molar-refractivity contribution in [3.8, 4) is 0 Å². The quantitative estimate of drug-likeness (QED) is 0.622. The van der Waals surface area contributed by atoms with Crippen molar-refractivity contribution in [2.75, 3.05) is 6.26 Å². The Labute approximate surface area is 114 Å². The molecule has 1 aromatic rings. The zero-order valence-electron chi connectivity index (χ0n) is 9.80. The van der Waals surface area contributed by atoms with E-state index in [-0.39, 0.29) is 4.68 Å². The van der Waals surface area contributed by atoms with Gasteiger partial charge in [-0.1, -0.05) is 0 Å². The lowest BCUT2D eigenvalue weighted by Gasteiger charge is -2.18. The summed E-state index contributed by atoms with van der Waals surface area (Å²) in [6.45, 7) is 0. The topological polar surface area (TPSA) is 69.0 Å². The first-order valence-corrected chi connectivity index (χ1v) is 6.90. The molecule has 0 aliphatic rings. The molecule has 1 rings (SSSR count). The van der Waals surface area contributed by atoms with Gasteiger partial charge in [0, 0.05) is 13.3 Å². The third-order valence-electron chi connectivity index (χ3n) is 2.21. The van der Waals surface area contributed by atoms with Gasteiger partial charge in [0.25, 0.3) is 5.24 Å². The molecule has 0 saturated heterocycles. The van der Waals surface area contributed by atoms with Crippen LogP contribution in [0.25, 0.3) is 0 Å². The van der Waals surface area contributed by atoms with Crippen LogP contribution >= 0.6 is 11.6 Å². The van der Waals surface area contributed by atoms with Crippen LogP contribution in [0, 0.1) is 0 Å². The van der Waals surface area contributed by atoms with Crippen molar-refractivity contribution < 1.29 is 35.2 Å². The second kappa shape index (κ2) is 4.65. The molecular formula is C8H6ClF5N2O3S. The van der Waals surface area contributed by atoms with Gasteiger partial charge in [0.15, 0.2) is 15.5 Å². The molecule has 0 radical (unpaired) electrons. The van der Waals surface area contributed by atoms with Crippen molar-refractivity contribution in [2.45, 2.75) is 17.0 Å². The van der Waals surface area contributed by atoms with Gasteiger partial charge < -0.3 is 0 Å². The number of alkyl halides is 5. The molecule has 0 saturated carbocycles. The number of carbonyl (C=O) groups is 1. The van der Waals surface area contributed by atoms with Gasteiger partial charge in [0.2, 0.25) is 0 Å². The summed E-state index contributed by atoms with van der Waals surface area (Å²) in [4.78, 5) is 9.50. The number of halogens is 6. The fourth-order valence-corrected chi connectivity index (χ4v) is 2.78. The molecule has 114 valence electrons. The van der Waals surface area contributed by atoms with E-state index in [2.05, 4.69) is 5.10 Å². The Morgan fingerprint density at radius 1 is 1.25 bits per heavy atom. The zero-order valence-corrected chi connectivity index (χ0v) is 11.4. The second-order valence-electron chi connectivity index (χ2n) is 3.77. The summed E-state index contributed by atoms with van der Waals surface area (Å²) >= 11 is 5.01. The molecule has 1 heterocycles. The fourth-order valence-electron chi connectivity index (χ4n) is 1.41. The second-order valence-corrected chi connectivity index (χ2v) is 6.06. The molecule has 20 heavy (non-hydrogen) atoms. The molecule has 0 N–H and O–H groups in total. The Hall–Kier alpha value is -1.23. The summed E-state index contributed by atoms with van der Waals surface area (Å²) in [5, 5.41) is 1.28. The van der Waals surface area contributed by atoms with Crippen molar-refractivity contribution in [1.82, 2.24) is 9.78 Å². The molecular weight excluding hydrogens is 335 g/mol. The average Bonchev–Trinajstić information content (AvgIpc) is 2.53. The Kier molecular flexibility index (Phi) is 3.91. The van der Waals surface area contributed by atoms with E-state index in [0.717, 1.165) is 7.05 Å². The van der Waals surface area contributed by atoms with Gasteiger partial charge in [-0.25, -0.2) is 8.42 Å². The molecule has 0 aromatic carbocycles. The smallest absolute Gasteiger partial charge is 0.274 e. The van der Waals surface area contributed by atoms with Gasteiger partial charge in [-0.15, -0.1) is 0 Å². The van der Waals surface area contributed by atoms with E-state index < -0.39 is 43.5 Å². The molecule has 0 aliphatic carbocycles. The van der Waals surface area contributed by atoms with Gasteiger partial charge in [-0.2, -0.15) is 27.1 Å². The summed E-state index contributed by atoms with van der Waals surface area (Å²) in [5.41, 5.74) is -3.15. The van der Waals surface area contributed by atoms with Crippen LogP contribution in [-0.4, -0.2) is 35.9 Å². The molecule has 0 atom stereocenters. The minimum absolute atomic E-state index is 0.265. The van der Waals surface area contributed by atoms with Crippen LogP contribution in [0.2, 0.25) is 0 Å². The molecule has 0 aliphatic heterocycles. The van der Waals surface area contributed by atoms with Crippen molar-refractivity contribution in [3.63, 3.8) is 0 Å². The van der Waals surface area contributed by atoms with Crippen molar-refractivity contribution in [1.29, 1.82) is 0 Å². The van der Waals surface area contributed by atoms with E-state index >= 15 is 0 Å². The first-order valence-electron chi connectivity index (χ1n) is 4.63. The van der Waals surface area contributed by atoms with Crippen LogP contribution in [-0.2, 0) is 22.8 Å². The summed E-state index contributed by atoms with van der Waals surface area (Å²) < 4.78 is 86.6. The highest BCUT2D eigenvalue weighted by molar-refractivity contribution is 7.90. The molecule has 0 fully saturated rings. The molecule has 0 amide bonds. The number of sulfone groups is 1. The Balaban J connectivity index is 3.85. The first kappa shape index (κ1) is 16.8. The number of hydrogen-bond donors (Lipinski definition) is 0. The van der Waals surface area contributed by atoms with Crippen LogP contribution in [0.5, 0.6) is 0 Å². The SMILES string of the molecule is Cn1nc(C(F)(F)C(F)(F)F)c(S(C)(=O)=O)c1C(=O)Cl. The van der Waals surface area contributed by atoms with E-state index in [9.17, 15) is 35.2 Å². The summed E-state index contributed by atoms with van der Waals surface area (Å²) in [7, 11) is -3.78. The zero-order chi connectivity index (χ0) is 16.1. The van der Waals surface area contributed by atoms with E-state index in [1.807, 2.05) is 0 Å². The Bertz CT molecular complexity index is 664. The highest BCUT2D eigenvalue weighted by Gasteiger charge is 2.62. The van der Waals surface area contributed by atoms with Crippen LogP contribution < -0.4 is 0 Å². The van der Waals surface area contributed by atoms with Gasteiger partial charge >= 0.3 is 12.1 Å². The lowest BCUT2D eigenvalue weighted by Crippen LogP contribution is -2.35. The van der Waals surface area contributed by atoms with Crippen LogP contribution in [0.15, 0.2) is 4.90 Å². The highest BCUT2D eigenvalue weighted by atomic mass is 35.5. The van der Waals surface area contributed by atoms with Crippen molar-refractivity contribution in [2.24, 2.45) is 7.05 Å². The predicted molar refractivity (Wildman–Crippen MR) is 56.5 cm³/mol. The first-order chi connectivity index (χ1) is 8.71. The summed E-state index contributed by atoms with van der Waals surface area (Å²) in [5.74, 6) is -5.55. The normalized spacial score (nSPS) is 13.6. The standard InChI is InChI=1S/C8H6ClF5N2O3S/c1-16-3(6(9)17)4(20(2,18)19)5(15-16)7(10,11)8(12,13)14/h1-2H3. The Morgan fingerprint density at radius 3 is 2.00 bits per heavy atom. The van der Waals surface area contributed by atoms with Gasteiger partial charge in [0.05, 0.1) is 0 Å². The highest BCUT2D eigenvalue weighted by Crippen LogP contribution is 2.46. The number of aryl methyl sites for hydroxylation is 1. The number of carbonyl (C=O) groups excluding carboxylic acids is 1. The van der Waals surface area contributed by atoms with E-state index in [0.29, 0.717) is 6.26 Å². The summed E-state index contributed by atoms with van der Waals surface area (Å²) in [6, 6.07) is 0. The maximum atomic E-state index is 13.3. The minimum Gasteiger partial charge on any atom is -0.274 e. The summed E-state index contributed by atoms with van der Waals surface area (Å²) in [6.07, 6.45) is -5.71. The molecule has 12 heteroatoms. The third-order valence-corrected chi connectivity index (χ3v) is 3.52. The average molecular weight is 341 g/mol. The van der Waals surface area contributed by atoms with Gasteiger partial charge in [-0.05, 0) is 11.6 Å². The minimum atomic E-state index is -6.08. The van der Waals surface area contributed by atoms with Crippen LogP contribution in [0.1, 0.15) is 16.2 Å². The monoisotopic (exact) mass is 340 g/mol. The number of hydrogen-bond acceptors (Lipinski definition) is 4. The van der Waals surface area contributed by atoms with Crippen molar-refractivity contribution >= 4 is 26.7 Å². The molecule has 0 bridgehead atoms. The van der Waals surface area contributed by atoms with Crippen LogP contribution in [0.4, 0.5) is 22.0 Å².